The third kappa shape index (κ3) is 3.11. The number of hydrogen-bond acceptors (Lipinski definition) is 4. The van der Waals surface area contributed by atoms with Crippen LogP contribution in [-0.2, 0) is 0 Å². The predicted molar refractivity (Wildman–Crippen MR) is 110 cm³/mol. The van der Waals surface area contributed by atoms with Gasteiger partial charge in [-0.15, -0.1) is 0 Å². The highest BCUT2D eigenvalue weighted by molar-refractivity contribution is 7.18. The van der Waals surface area contributed by atoms with Gasteiger partial charge in [0.05, 0.1) is 11.0 Å². The zero-order chi connectivity index (χ0) is 19.3. The van der Waals surface area contributed by atoms with Gasteiger partial charge in [0.15, 0.2) is 4.96 Å². The molecule has 0 fully saturated rings. The lowest BCUT2D eigenvalue weighted by atomic mass is 10.1. The highest BCUT2D eigenvalue weighted by Crippen LogP contribution is 2.24. The van der Waals surface area contributed by atoms with Crippen LogP contribution in [-0.4, -0.2) is 15.3 Å². The third-order valence-corrected chi connectivity index (χ3v) is 5.80. The minimum absolute atomic E-state index is 0.275. The van der Waals surface area contributed by atoms with E-state index in [0.717, 1.165) is 27.7 Å². The lowest BCUT2D eigenvalue weighted by Crippen LogP contribution is -2.17. The van der Waals surface area contributed by atoms with Crippen molar-refractivity contribution < 1.29 is 4.79 Å². The van der Waals surface area contributed by atoms with E-state index in [0.29, 0.717) is 20.5 Å². The Morgan fingerprint density at radius 1 is 1.07 bits per heavy atom. The molecule has 0 aliphatic rings. The molecule has 2 heterocycles. The topological polar surface area (TPSA) is 63.5 Å². The van der Waals surface area contributed by atoms with E-state index in [2.05, 4.69) is 10.3 Å². The molecule has 0 unspecified atom stereocenters. The summed E-state index contributed by atoms with van der Waals surface area (Å²) < 4.78 is 1.55. The molecule has 5 nitrogen and oxygen atoms in total. The van der Waals surface area contributed by atoms with Gasteiger partial charge in [0.25, 0.3) is 11.5 Å². The van der Waals surface area contributed by atoms with Crippen molar-refractivity contribution >= 4 is 50.5 Å². The van der Waals surface area contributed by atoms with Crippen LogP contribution in [0.2, 0.25) is 5.02 Å². The number of rotatable bonds is 2. The second-order valence-corrected chi connectivity index (χ2v) is 7.96. The van der Waals surface area contributed by atoms with Gasteiger partial charge in [0.1, 0.15) is 4.88 Å². The first-order chi connectivity index (χ1) is 12.8. The van der Waals surface area contributed by atoms with Crippen molar-refractivity contribution in [2.45, 2.75) is 20.8 Å². The molecule has 0 aliphatic heterocycles. The van der Waals surface area contributed by atoms with Crippen molar-refractivity contribution in [3.05, 3.63) is 73.3 Å². The molecule has 4 aromatic rings. The summed E-state index contributed by atoms with van der Waals surface area (Å²) in [6, 6.07) is 10.5. The van der Waals surface area contributed by atoms with Crippen LogP contribution in [0.25, 0.3) is 16.0 Å². The van der Waals surface area contributed by atoms with Crippen LogP contribution in [0.3, 0.4) is 0 Å². The molecule has 0 bridgehead atoms. The largest absolute Gasteiger partial charge is 0.321 e. The van der Waals surface area contributed by atoms with E-state index >= 15 is 0 Å². The Morgan fingerprint density at radius 2 is 1.81 bits per heavy atom. The summed E-state index contributed by atoms with van der Waals surface area (Å²) in [6.45, 7) is 5.88. The number of aryl methyl sites for hydroxylation is 3. The molecule has 4 rings (SSSR count). The van der Waals surface area contributed by atoms with E-state index in [1.54, 1.807) is 16.5 Å². The van der Waals surface area contributed by atoms with Gasteiger partial charge in [-0.3, -0.25) is 14.0 Å². The van der Waals surface area contributed by atoms with Crippen molar-refractivity contribution in [3.63, 3.8) is 0 Å². The number of carbonyl (C=O) groups is 1. The molecular formula is C20H16ClN3O2S. The molecule has 7 heteroatoms. The summed E-state index contributed by atoms with van der Waals surface area (Å²) in [5.41, 5.74) is 4.93. The zero-order valence-corrected chi connectivity index (χ0v) is 16.5. The lowest BCUT2D eigenvalue weighted by molar-refractivity contribution is 0.103. The number of amides is 1. The van der Waals surface area contributed by atoms with Crippen LogP contribution >= 0.6 is 22.9 Å². The van der Waals surface area contributed by atoms with Gasteiger partial charge in [-0.25, -0.2) is 4.98 Å². The SMILES string of the molecule is Cc1cc2nc3sc(C(=O)Nc4cc(Cl)ccc4C)cc(=O)n3c2cc1C. The fraction of sp³-hybridized carbons (Fsp3) is 0.150. The van der Waals surface area contributed by atoms with Crippen molar-refractivity contribution in [2.24, 2.45) is 0 Å². The van der Waals surface area contributed by atoms with Crippen LogP contribution < -0.4 is 10.9 Å². The zero-order valence-electron chi connectivity index (χ0n) is 15.0. The van der Waals surface area contributed by atoms with Crippen molar-refractivity contribution in [3.8, 4) is 0 Å². The smallest absolute Gasteiger partial charge is 0.266 e. The number of benzene rings is 2. The molecule has 0 saturated carbocycles. The van der Waals surface area contributed by atoms with Gasteiger partial charge < -0.3 is 5.32 Å². The van der Waals surface area contributed by atoms with Crippen LogP contribution in [0.4, 0.5) is 5.69 Å². The highest BCUT2D eigenvalue weighted by Gasteiger charge is 2.15. The van der Waals surface area contributed by atoms with E-state index in [-0.39, 0.29) is 11.5 Å². The van der Waals surface area contributed by atoms with Crippen molar-refractivity contribution in [1.82, 2.24) is 9.38 Å². The Bertz CT molecular complexity index is 1290. The Morgan fingerprint density at radius 3 is 2.59 bits per heavy atom. The van der Waals surface area contributed by atoms with Crippen molar-refractivity contribution in [2.75, 3.05) is 5.32 Å². The van der Waals surface area contributed by atoms with Gasteiger partial charge in [0.2, 0.25) is 0 Å². The Kier molecular flexibility index (Phi) is 4.25. The first-order valence-electron chi connectivity index (χ1n) is 8.34. The summed E-state index contributed by atoms with van der Waals surface area (Å²) in [5.74, 6) is -0.357. The van der Waals surface area contributed by atoms with E-state index < -0.39 is 0 Å². The summed E-state index contributed by atoms with van der Waals surface area (Å²) in [6.07, 6.45) is 0. The maximum absolute atomic E-state index is 12.7. The molecule has 1 amide bonds. The van der Waals surface area contributed by atoms with E-state index in [9.17, 15) is 9.59 Å². The van der Waals surface area contributed by atoms with Crippen LogP contribution in [0.15, 0.2) is 41.2 Å². The number of hydrogen-bond donors (Lipinski definition) is 1. The highest BCUT2D eigenvalue weighted by atomic mass is 35.5. The number of anilines is 1. The fourth-order valence-corrected chi connectivity index (χ4v) is 4.02. The molecule has 2 aromatic carbocycles. The van der Waals surface area contributed by atoms with Gasteiger partial charge in [-0.05, 0) is 61.7 Å². The summed E-state index contributed by atoms with van der Waals surface area (Å²) in [7, 11) is 0. The standard InChI is InChI=1S/C20H16ClN3O2S/c1-10-4-5-13(21)8-14(10)22-19(26)17-9-18(25)24-16-7-12(3)11(2)6-15(16)23-20(24)27-17/h4-9H,1-3H3,(H,22,26). The normalized spacial score (nSPS) is 11.3. The fourth-order valence-electron chi connectivity index (χ4n) is 2.92. The van der Waals surface area contributed by atoms with Crippen LogP contribution in [0.5, 0.6) is 0 Å². The maximum Gasteiger partial charge on any atom is 0.266 e. The Labute approximate surface area is 164 Å². The Hall–Kier alpha value is -2.70. The van der Waals surface area contributed by atoms with E-state index in [1.807, 2.05) is 39.0 Å². The van der Waals surface area contributed by atoms with E-state index in [1.165, 1.54) is 17.4 Å². The summed E-state index contributed by atoms with van der Waals surface area (Å²) >= 11 is 7.19. The second kappa shape index (κ2) is 6.48. The molecule has 0 atom stereocenters. The molecule has 0 spiro atoms. The molecule has 27 heavy (non-hydrogen) atoms. The monoisotopic (exact) mass is 397 g/mol. The van der Waals surface area contributed by atoms with Gasteiger partial charge in [-0.1, -0.05) is 29.0 Å². The number of aromatic nitrogens is 2. The van der Waals surface area contributed by atoms with Crippen LogP contribution in [0, 0.1) is 20.8 Å². The summed E-state index contributed by atoms with van der Waals surface area (Å²) in [4.78, 5) is 30.7. The number of nitrogens with zero attached hydrogens (tertiary/aromatic N) is 2. The Balaban J connectivity index is 1.81. The second-order valence-electron chi connectivity index (χ2n) is 6.52. The number of nitrogens with one attached hydrogen (secondary N) is 1. The molecule has 0 radical (unpaired) electrons. The van der Waals surface area contributed by atoms with Crippen LogP contribution in [0.1, 0.15) is 26.4 Å². The average Bonchev–Trinajstić information content (AvgIpc) is 2.96. The molecule has 136 valence electrons. The van der Waals surface area contributed by atoms with E-state index in [4.69, 9.17) is 11.6 Å². The maximum atomic E-state index is 12.7. The number of carbonyl (C=O) groups excluding carboxylic acids is 1. The molecule has 2 aromatic heterocycles. The first-order valence-corrected chi connectivity index (χ1v) is 9.54. The van der Waals surface area contributed by atoms with Crippen molar-refractivity contribution in [1.29, 1.82) is 0 Å². The number of imidazole rings is 1. The average molecular weight is 398 g/mol. The summed E-state index contributed by atoms with van der Waals surface area (Å²) in [5, 5.41) is 3.35. The lowest BCUT2D eigenvalue weighted by Gasteiger charge is -2.08. The quantitative estimate of drug-likeness (QED) is 0.531. The number of halogens is 1. The van der Waals surface area contributed by atoms with Gasteiger partial charge >= 0.3 is 0 Å². The molecule has 1 N–H and O–H groups in total. The minimum atomic E-state index is -0.357. The third-order valence-electron chi connectivity index (χ3n) is 4.59. The predicted octanol–water partition coefficient (Wildman–Crippen LogP) is 4.74. The minimum Gasteiger partial charge on any atom is -0.321 e. The first kappa shape index (κ1) is 17.7. The molecule has 0 saturated heterocycles. The molecular weight excluding hydrogens is 382 g/mol. The van der Waals surface area contributed by atoms with Gasteiger partial charge in [0, 0.05) is 16.8 Å². The number of fused-ring (bicyclic) bond motifs is 3. The van der Waals surface area contributed by atoms with Gasteiger partial charge in [-0.2, -0.15) is 0 Å². The molecule has 0 aliphatic carbocycles.